The summed E-state index contributed by atoms with van der Waals surface area (Å²) in [5.74, 6) is 0.758. The Kier molecular flexibility index (Phi) is 7.97. The minimum atomic E-state index is -0.255. The van der Waals surface area contributed by atoms with Gasteiger partial charge >= 0.3 is 0 Å². The van der Waals surface area contributed by atoms with Gasteiger partial charge in [-0.05, 0) is 75.2 Å². The summed E-state index contributed by atoms with van der Waals surface area (Å²) in [5.41, 5.74) is 5.41. The lowest BCUT2D eigenvalue weighted by Crippen LogP contribution is -2.29. The van der Waals surface area contributed by atoms with Crippen molar-refractivity contribution in [2.45, 2.75) is 25.7 Å². The average Bonchev–Trinajstić information content (AvgIpc) is 3.79. The first-order valence-corrected chi connectivity index (χ1v) is 13.4. The molecule has 39 heavy (non-hydrogen) atoms. The van der Waals surface area contributed by atoms with Crippen molar-refractivity contribution >= 4 is 34.7 Å². The lowest BCUT2D eigenvalue weighted by Gasteiger charge is -2.20. The Balaban J connectivity index is 1.33. The molecule has 5 rings (SSSR count). The largest absolute Gasteiger partial charge is 0.358 e. The number of nitrogens with one attached hydrogen (secondary N) is 2. The van der Waals surface area contributed by atoms with Crippen molar-refractivity contribution in [2.24, 2.45) is 10.9 Å². The summed E-state index contributed by atoms with van der Waals surface area (Å²) in [6, 6.07) is 11.8. The van der Waals surface area contributed by atoms with E-state index in [4.69, 9.17) is 0 Å². The molecule has 2 amide bonds. The fraction of sp³-hybridized carbons (Fsp3) is 0.367. The van der Waals surface area contributed by atoms with Gasteiger partial charge in [-0.25, -0.2) is 4.98 Å². The van der Waals surface area contributed by atoms with E-state index in [9.17, 15) is 9.59 Å². The number of aryl methyl sites for hydroxylation is 1. The van der Waals surface area contributed by atoms with Gasteiger partial charge in [0.2, 0.25) is 5.91 Å². The number of amides is 2. The Morgan fingerprint density at radius 3 is 2.51 bits per heavy atom. The summed E-state index contributed by atoms with van der Waals surface area (Å²) < 4.78 is 0. The van der Waals surface area contributed by atoms with E-state index < -0.39 is 0 Å². The smallest absolute Gasteiger partial charge is 0.274 e. The first-order chi connectivity index (χ1) is 18.9. The highest BCUT2D eigenvalue weighted by Gasteiger charge is 2.29. The number of benzene rings is 1. The van der Waals surface area contributed by atoms with Crippen LogP contribution in [0.25, 0.3) is 11.1 Å². The summed E-state index contributed by atoms with van der Waals surface area (Å²) in [6.45, 7) is 2.37. The second-order valence-corrected chi connectivity index (χ2v) is 10.5. The molecule has 1 aromatic carbocycles. The number of fused-ring (bicyclic) bond motifs is 1. The third kappa shape index (κ3) is 6.67. The number of aliphatic imine (C=N–C) groups is 1. The number of carbonyl (C=O) groups excluding carboxylic acids is 2. The molecule has 0 saturated heterocycles. The molecule has 0 radical (unpaired) electrons. The monoisotopic (exact) mass is 525 g/mol. The van der Waals surface area contributed by atoms with Crippen molar-refractivity contribution in [3.63, 3.8) is 0 Å². The van der Waals surface area contributed by atoms with Crippen LogP contribution < -0.4 is 15.5 Å². The van der Waals surface area contributed by atoms with Gasteiger partial charge in [0, 0.05) is 49.9 Å². The van der Waals surface area contributed by atoms with Gasteiger partial charge < -0.3 is 20.4 Å². The maximum atomic E-state index is 13.4. The van der Waals surface area contributed by atoms with Crippen LogP contribution in [0.15, 0.2) is 60.0 Å². The summed E-state index contributed by atoms with van der Waals surface area (Å²) in [7, 11) is 6.09. The zero-order chi connectivity index (χ0) is 27.4. The molecule has 0 atom stereocenters. The minimum Gasteiger partial charge on any atom is -0.358 e. The summed E-state index contributed by atoms with van der Waals surface area (Å²) >= 11 is 0. The lowest BCUT2D eigenvalue weighted by molar-refractivity contribution is -0.117. The van der Waals surface area contributed by atoms with Crippen LogP contribution in [-0.2, 0) is 16.0 Å². The highest BCUT2D eigenvalue weighted by molar-refractivity contribution is 6.49. The van der Waals surface area contributed by atoms with E-state index in [2.05, 4.69) is 41.5 Å². The molecular weight excluding hydrogens is 490 g/mol. The fourth-order valence-electron chi connectivity index (χ4n) is 4.53. The quantitative estimate of drug-likeness (QED) is 0.440. The van der Waals surface area contributed by atoms with Crippen LogP contribution in [0.1, 0.15) is 30.4 Å². The predicted molar refractivity (Wildman–Crippen MR) is 155 cm³/mol. The van der Waals surface area contributed by atoms with E-state index in [-0.39, 0.29) is 17.7 Å². The normalized spacial score (nSPS) is 14.7. The Morgan fingerprint density at radius 1 is 0.923 bits per heavy atom. The number of likely N-dealkylation sites (N-methyl/N-ethyl adjacent to an activating group) is 2. The number of carbonyl (C=O) groups is 2. The summed E-state index contributed by atoms with van der Waals surface area (Å²) in [5, 5.41) is 5.95. The van der Waals surface area contributed by atoms with Crippen LogP contribution in [0.4, 0.5) is 17.2 Å². The Bertz CT molecular complexity index is 1380. The SMILES string of the molecule is CN(C)CCN(C)c1ccc(NC(=O)C2=NCCCc3ccc(-c4cncc(NC(=O)C5CC5)c4)cc32)cn1. The second kappa shape index (κ2) is 11.7. The van der Waals surface area contributed by atoms with Gasteiger partial charge in [0.15, 0.2) is 0 Å². The maximum Gasteiger partial charge on any atom is 0.274 e. The molecule has 2 aromatic heterocycles. The number of aromatic nitrogens is 2. The molecule has 3 aromatic rings. The molecule has 2 aliphatic rings. The van der Waals surface area contributed by atoms with Crippen molar-refractivity contribution in [3.8, 4) is 11.1 Å². The molecule has 1 aliphatic heterocycles. The first kappa shape index (κ1) is 26.5. The number of pyridine rings is 2. The van der Waals surface area contributed by atoms with Gasteiger partial charge in [0.1, 0.15) is 11.5 Å². The van der Waals surface area contributed by atoms with E-state index in [0.717, 1.165) is 66.8 Å². The number of rotatable bonds is 9. The van der Waals surface area contributed by atoms with Gasteiger partial charge in [-0.2, -0.15) is 0 Å². The summed E-state index contributed by atoms with van der Waals surface area (Å²) in [4.78, 5) is 43.4. The molecular formula is C30H35N7O2. The Morgan fingerprint density at radius 2 is 1.77 bits per heavy atom. The van der Waals surface area contributed by atoms with Crippen LogP contribution in [0.3, 0.4) is 0 Å². The van der Waals surface area contributed by atoms with Gasteiger partial charge in [-0.3, -0.25) is 19.6 Å². The van der Waals surface area contributed by atoms with E-state index in [1.165, 1.54) is 0 Å². The third-order valence-corrected chi connectivity index (χ3v) is 7.02. The standard InChI is InChI=1S/C30H35N7O2/c1-36(2)13-14-37(3)27-11-10-24(19-33-27)34-30(39)28-26-16-22(9-6-20(26)5-4-12-32-28)23-15-25(18-31-17-23)35-29(38)21-7-8-21/h6,9-11,15-19,21H,4-5,7-8,12-14H2,1-3H3,(H,34,39)(H,35,38). The van der Waals surface area contributed by atoms with Gasteiger partial charge in [-0.1, -0.05) is 12.1 Å². The van der Waals surface area contributed by atoms with Crippen LogP contribution in [-0.4, -0.2) is 73.2 Å². The van der Waals surface area contributed by atoms with Crippen molar-refractivity contribution in [2.75, 3.05) is 56.3 Å². The van der Waals surface area contributed by atoms with Gasteiger partial charge in [0.25, 0.3) is 5.91 Å². The molecule has 3 heterocycles. The van der Waals surface area contributed by atoms with Crippen LogP contribution >= 0.6 is 0 Å². The zero-order valence-electron chi connectivity index (χ0n) is 22.8. The van der Waals surface area contributed by atoms with E-state index in [1.54, 1.807) is 18.6 Å². The minimum absolute atomic E-state index is 0.0460. The fourth-order valence-corrected chi connectivity index (χ4v) is 4.53. The molecule has 9 nitrogen and oxygen atoms in total. The van der Waals surface area contributed by atoms with E-state index in [0.29, 0.717) is 23.6 Å². The molecule has 0 bridgehead atoms. The maximum absolute atomic E-state index is 13.4. The van der Waals surface area contributed by atoms with Crippen LogP contribution in [0.5, 0.6) is 0 Å². The van der Waals surface area contributed by atoms with Crippen molar-refractivity contribution in [3.05, 3.63) is 66.1 Å². The predicted octanol–water partition coefficient (Wildman–Crippen LogP) is 3.86. The van der Waals surface area contributed by atoms with Gasteiger partial charge in [-0.15, -0.1) is 0 Å². The highest BCUT2D eigenvalue weighted by Crippen LogP contribution is 2.31. The summed E-state index contributed by atoms with van der Waals surface area (Å²) in [6.07, 6.45) is 8.73. The molecule has 1 saturated carbocycles. The van der Waals surface area contributed by atoms with E-state index >= 15 is 0 Å². The first-order valence-electron chi connectivity index (χ1n) is 13.4. The molecule has 0 spiro atoms. The number of anilines is 3. The molecule has 1 fully saturated rings. The topological polar surface area (TPSA) is 103 Å². The van der Waals surface area contributed by atoms with Crippen molar-refractivity contribution in [1.82, 2.24) is 14.9 Å². The molecule has 202 valence electrons. The van der Waals surface area contributed by atoms with Crippen LogP contribution in [0, 0.1) is 5.92 Å². The molecule has 9 heteroatoms. The number of hydrogen-bond acceptors (Lipinski definition) is 7. The van der Waals surface area contributed by atoms with E-state index in [1.807, 2.05) is 51.5 Å². The highest BCUT2D eigenvalue weighted by atomic mass is 16.2. The molecule has 1 aliphatic carbocycles. The zero-order valence-corrected chi connectivity index (χ0v) is 22.8. The van der Waals surface area contributed by atoms with Crippen molar-refractivity contribution < 1.29 is 9.59 Å². The Labute approximate surface area is 229 Å². The number of nitrogens with zero attached hydrogens (tertiary/aromatic N) is 5. The third-order valence-electron chi connectivity index (χ3n) is 7.02. The number of hydrogen-bond donors (Lipinski definition) is 2. The van der Waals surface area contributed by atoms with Crippen LogP contribution in [0.2, 0.25) is 0 Å². The molecule has 2 N–H and O–H groups in total. The Hall–Kier alpha value is -4.11. The second-order valence-electron chi connectivity index (χ2n) is 10.5. The molecule has 0 unspecified atom stereocenters. The van der Waals surface area contributed by atoms with Crippen molar-refractivity contribution in [1.29, 1.82) is 0 Å². The lowest BCUT2D eigenvalue weighted by atomic mass is 9.95. The average molecular weight is 526 g/mol. The van der Waals surface area contributed by atoms with Gasteiger partial charge in [0.05, 0.1) is 23.8 Å².